The molecule has 3 unspecified atom stereocenters. The Hall–Kier alpha value is -1.10. The molecule has 1 amide bonds. The highest BCUT2D eigenvalue weighted by molar-refractivity contribution is 6.18. The summed E-state index contributed by atoms with van der Waals surface area (Å²) in [7, 11) is 0. The van der Waals surface area contributed by atoms with Crippen LogP contribution in [0.15, 0.2) is 17.0 Å². The van der Waals surface area contributed by atoms with Gasteiger partial charge in [-0.1, -0.05) is 0 Å². The molecule has 106 valence electrons. The van der Waals surface area contributed by atoms with Crippen LogP contribution in [-0.4, -0.2) is 34.8 Å². The van der Waals surface area contributed by atoms with E-state index in [4.69, 9.17) is 16.3 Å². The molecule has 2 aliphatic rings. The number of carbonyl (C=O) groups excluding carboxylic acids is 1. The highest BCUT2D eigenvalue weighted by Crippen LogP contribution is 2.36. The molecule has 0 saturated carbocycles. The number of allylic oxidation sites excluding steroid dienone is 1. The summed E-state index contributed by atoms with van der Waals surface area (Å²) in [6.07, 6.45) is 3.12. The van der Waals surface area contributed by atoms with Crippen molar-refractivity contribution >= 4 is 23.9 Å². The van der Waals surface area contributed by atoms with E-state index in [0.29, 0.717) is 6.42 Å². The van der Waals surface area contributed by atoms with E-state index in [-0.39, 0.29) is 23.5 Å². The average Bonchev–Trinajstić information content (AvgIpc) is 2.68. The summed E-state index contributed by atoms with van der Waals surface area (Å²) < 4.78 is 19.1. The van der Waals surface area contributed by atoms with E-state index in [9.17, 15) is 9.18 Å². The summed E-state index contributed by atoms with van der Waals surface area (Å²) in [6, 6.07) is -0.394. The maximum atomic E-state index is 13.8. The third-order valence-electron chi connectivity index (χ3n) is 3.15. The molecule has 0 aromatic carbocycles. The van der Waals surface area contributed by atoms with Gasteiger partial charge in [0.1, 0.15) is 11.4 Å². The Bertz CT molecular complexity index is 431. The van der Waals surface area contributed by atoms with Crippen LogP contribution >= 0.6 is 11.6 Å². The molecule has 1 aliphatic heterocycles. The topological polar surface area (TPSA) is 41.9 Å². The molecule has 19 heavy (non-hydrogen) atoms. The van der Waals surface area contributed by atoms with Crippen molar-refractivity contribution in [1.29, 1.82) is 0 Å². The Balaban J connectivity index is 2.12. The van der Waals surface area contributed by atoms with Crippen LogP contribution in [0.1, 0.15) is 27.2 Å². The van der Waals surface area contributed by atoms with Crippen LogP contribution in [0.5, 0.6) is 0 Å². The minimum atomic E-state index is -0.597. The first-order valence-electron chi connectivity index (χ1n) is 6.31. The lowest BCUT2D eigenvalue weighted by Crippen LogP contribution is -2.41. The smallest absolute Gasteiger partial charge is 0.431 e. The van der Waals surface area contributed by atoms with Crippen molar-refractivity contribution < 1.29 is 13.9 Å². The summed E-state index contributed by atoms with van der Waals surface area (Å²) in [5, 5.41) is 5.26. The minimum Gasteiger partial charge on any atom is -0.442 e. The van der Waals surface area contributed by atoms with Gasteiger partial charge in [-0.15, -0.1) is 11.6 Å². The number of halogens is 2. The maximum Gasteiger partial charge on any atom is 0.431 e. The molecule has 1 aliphatic carbocycles. The molecule has 0 aromatic heterocycles. The zero-order valence-electron chi connectivity index (χ0n) is 11.3. The van der Waals surface area contributed by atoms with E-state index in [1.54, 1.807) is 27.0 Å². The van der Waals surface area contributed by atoms with Crippen LogP contribution in [0.25, 0.3) is 0 Å². The fourth-order valence-corrected chi connectivity index (χ4v) is 2.53. The van der Waals surface area contributed by atoms with Crippen LogP contribution in [0, 0.1) is 11.8 Å². The number of hydrogen-bond acceptors (Lipinski definition) is 3. The second-order valence-electron chi connectivity index (χ2n) is 5.88. The lowest BCUT2D eigenvalue weighted by atomic mass is 9.84. The molecule has 0 saturated heterocycles. The van der Waals surface area contributed by atoms with Gasteiger partial charge in [0, 0.05) is 23.9 Å². The zero-order valence-corrected chi connectivity index (χ0v) is 12.0. The Morgan fingerprint density at radius 1 is 1.63 bits per heavy atom. The van der Waals surface area contributed by atoms with Crippen molar-refractivity contribution in [2.75, 3.05) is 5.88 Å². The van der Waals surface area contributed by atoms with Gasteiger partial charge in [-0.05, 0) is 33.3 Å². The van der Waals surface area contributed by atoms with E-state index in [1.807, 2.05) is 0 Å². The highest BCUT2D eigenvalue weighted by atomic mass is 35.5. The molecular formula is C13H18ClFN2O2. The molecule has 0 spiro atoms. The van der Waals surface area contributed by atoms with Crippen molar-refractivity contribution in [2.45, 2.75) is 38.8 Å². The van der Waals surface area contributed by atoms with Crippen LogP contribution in [0.2, 0.25) is 0 Å². The predicted octanol–water partition coefficient (Wildman–Crippen LogP) is 3.32. The summed E-state index contributed by atoms with van der Waals surface area (Å²) in [6.45, 7) is 5.34. The Morgan fingerprint density at radius 3 is 2.89 bits per heavy atom. The summed E-state index contributed by atoms with van der Waals surface area (Å²) in [4.78, 5) is 12.0. The second-order valence-corrected chi connectivity index (χ2v) is 6.19. The summed E-state index contributed by atoms with van der Waals surface area (Å²) in [5.41, 5.74) is -0.597. The van der Waals surface area contributed by atoms with Crippen molar-refractivity contribution in [3.63, 3.8) is 0 Å². The molecule has 6 heteroatoms. The number of rotatable bonds is 1. The molecule has 0 N–H and O–H groups in total. The lowest BCUT2D eigenvalue weighted by molar-refractivity contribution is 0.0198. The standard InChI is InChI=1S/C13H18ClFN2O2/c1-13(2,3)19-12(18)17-11-5-10(15)8(6-14)4-9(11)7-16-17/h5,7-9,11H,4,6H2,1-3H3. The van der Waals surface area contributed by atoms with Crippen molar-refractivity contribution in [3.05, 3.63) is 11.9 Å². The number of hydrazone groups is 1. The maximum absolute atomic E-state index is 13.8. The van der Waals surface area contributed by atoms with Gasteiger partial charge in [-0.25, -0.2) is 9.18 Å². The van der Waals surface area contributed by atoms with E-state index in [2.05, 4.69) is 5.10 Å². The number of ether oxygens (including phenoxy) is 1. The van der Waals surface area contributed by atoms with Gasteiger partial charge in [0.05, 0.1) is 6.04 Å². The largest absolute Gasteiger partial charge is 0.442 e. The van der Waals surface area contributed by atoms with Gasteiger partial charge in [0.25, 0.3) is 0 Å². The number of fused-ring (bicyclic) bond motifs is 1. The molecular weight excluding hydrogens is 271 g/mol. The second kappa shape index (κ2) is 5.12. The van der Waals surface area contributed by atoms with E-state index < -0.39 is 17.7 Å². The van der Waals surface area contributed by atoms with Crippen LogP contribution in [0.4, 0.5) is 9.18 Å². The molecule has 4 nitrogen and oxygen atoms in total. The fraction of sp³-hybridized carbons (Fsp3) is 0.692. The number of nitrogens with zero attached hydrogens (tertiary/aromatic N) is 2. The summed E-state index contributed by atoms with van der Waals surface area (Å²) >= 11 is 5.72. The van der Waals surface area contributed by atoms with Crippen LogP contribution in [0.3, 0.4) is 0 Å². The van der Waals surface area contributed by atoms with E-state index in [0.717, 1.165) is 0 Å². The molecule has 1 heterocycles. The molecule has 0 bridgehead atoms. The Labute approximate surface area is 117 Å². The average molecular weight is 289 g/mol. The zero-order chi connectivity index (χ0) is 14.2. The summed E-state index contributed by atoms with van der Waals surface area (Å²) in [5.74, 6) is -0.301. The van der Waals surface area contributed by atoms with Gasteiger partial charge < -0.3 is 4.74 Å². The van der Waals surface area contributed by atoms with Gasteiger partial charge in [-0.3, -0.25) is 0 Å². The predicted molar refractivity (Wildman–Crippen MR) is 71.9 cm³/mol. The molecule has 0 fully saturated rings. The third kappa shape index (κ3) is 3.08. The number of alkyl halides is 1. The van der Waals surface area contributed by atoms with Crippen LogP contribution in [-0.2, 0) is 4.74 Å². The fourth-order valence-electron chi connectivity index (χ4n) is 2.25. The van der Waals surface area contributed by atoms with Crippen LogP contribution < -0.4 is 0 Å². The molecule has 0 radical (unpaired) electrons. The van der Waals surface area contributed by atoms with Gasteiger partial charge in [0.2, 0.25) is 0 Å². The molecule has 0 aromatic rings. The lowest BCUT2D eigenvalue weighted by Gasteiger charge is -2.31. The first kappa shape index (κ1) is 14.3. The number of amides is 1. The van der Waals surface area contributed by atoms with Crippen molar-refractivity contribution in [2.24, 2.45) is 16.9 Å². The van der Waals surface area contributed by atoms with E-state index >= 15 is 0 Å². The number of carbonyl (C=O) groups is 1. The SMILES string of the molecule is CC(C)(C)OC(=O)N1N=CC2CC(CCl)C(F)=CC21. The molecule has 3 atom stereocenters. The third-order valence-corrected chi connectivity index (χ3v) is 3.52. The van der Waals surface area contributed by atoms with E-state index in [1.165, 1.54) is 11.1 Å². The Morgan fingerprint density at radius 2 is 2.32 bits per heavy atom. The van der Waals surface area contributed by atoms with Crippen molar-refractivity contribution in [1.82, 2.24) is 5.01 Å². The monoisotopic (exact) mass is 288 g/mol. The first-order valence-corrected chi connectivity index (χ1v) is 6.85. The minimum absolute atomic E-state index is 0.00997. The highest BCUT2D eigenvalue weighted by Gasteiger charge is 2.41. The van der Waals surface area contributed by atoms with Gasteiger partial charge in [0.15, 0.2) is 0 Å². The van der Waals surface area contributed by atoms with Crippen molar-refractivity contribution in [3.8, 4) is 0 Å². The van der Waals surface area contributed by atoms with Gasteiger partial charge >= 0.3 is 6.09 Å². The quantitative estimate of drug-likeness (QED) is 0.695. The normalized spacial score (nSPS) is 30.1. The molecule has 2 rings (SSSR count). The first-order chi connectivity index (χ1) is 8.81. The number of hydrogen-bond donors (Lipinski definition) is 0. The van der Waals surface area contributed by atoms with Gasteiger partial charge in [-0.2, -0.15) is 10.1 Å². The Kier molecular flexibility index (Phi) is 3.85.